The van der Waals surface area contributed by atoms with Crippen LogP contribution in [0.1, 0.15) is 37.7 Å². The van der Waals surface area contributed by atoms with Crippen LogP contribution in [-0.4, -0.2) is 26.3 Å². The van der Waals surface area contributed by atoms with Crippen molar-refractivity contribution in [1.82, 2.24) is 19.7 Å². The first-order valence-electron chi connectivity index (χ1n) is 7.70. The van der Waals surface area contributed by atoms with Crippen LogP contribution in [0.5, 0.6) is 0 Å². The van der Waals surface area contributed by atoms with Crippen LogP contribution in [0.15, 0.2) is 33.9 Å². The summed E-state index contributed by atoms with van der Waals surface area (Å²) in [5.41, 5.74) is -2.16. The third-order valence-electron chi connectivity index (χ3n) is 3.66. The van der Waals surface area contributed by atoms with Gasteiger partial charge >= 0.3 is 5.69 Å². The van der Waals surface area contributed by atoms with E-state index in [9.17, 15) is 18.8 Å². The minimum Gasteiger partial charge on any atom is -0.348 e. The van der Waals surface area contributed by atoms with Crippen molar-refractivity contribution >= 4 is 5.91 Å². The molecular weight excluding hydrogens is 315 g/mol. The topological polar surface area (TPSA) is 86.0 Å². The van der Waals surface area contributed by atoms with Crippen molar-refractivity contribution in [3.8, 4) is 5.69 Å². The SMILES string of the molecule is CCC(C)NC(=O)c1nn(-c2ccccc2F)c(=O)n(CC)c1=O. The number of hydrogen-bond acceptors (Lipinski definition) is 4. The van der Waals surface area contributed by atoms with E-state index in [1.165, 1.54) is 24.3 Å². The normalized spacial score (nSPS) is 12.0. The Labute approximate surface area is 137 Å². The number of aromatic nitrogens is 3. The van der Waals surface area contributed by atoms with Gasteiger partial charge in [-0.25, -0.2) is 9.18 Å². The summed E-state index contributed by atoms with van der Waals surface area (Å²) in [6, 6.07) is 5.36. The average molecular weight is 334 g/mol. The van der Waals surface area contributed by atoms with E-state index in [1.807, 2.05) is 6.92 Å². The summed E-state index contributed by atoms with van der Waals surface area (Å²) >= 11 is 0. The van der Waals surface area contributed by atoms with Crippen LogP contribution in [0.25, 0.3) is 5.69 Å². The molecule has 0 saturated heterocycles. The quantitative estimate of drug-likeness (QED) is 0.886. The Morgan fingerprint density at radius 1 is 1.29 bits per heavy atom. The van der Waals surface area contributed by atoms with Gasteiger partial charge in [-0.1, -0.05) is 19.1 Å². The van der Waals surface area contributed by atoms with E-state index in [-0.39, 0.29) is 18.3 Å². The number of benzene rings is 1. The fraction of sp³-hybridized carbons (Fsp3) is 0.375. The molecule has 0 spiro atoms. The third kappa shape index (κ3) is 3.27. The molecule has 0 aliphatic heterocycles. The second-order valence-corrected chi connectivity index (χ2v) is 5.33. The molecule has 128 valence electrons. The lowest BCUT2D eigenvalue weighted by Crippen LogP contribution is -2.46. The Balaban J connectivity index is 2.68. The van der Waals surface area contributed by atoms with E-state index in [0.717, 1.165) is 9.25 Å². The fourth-order valence-corrected chi connectivity index (χ4v) is 2.11. The van der Waals surface area contributed by atoms with Crippen molar-refractivity contribution in [2.24, 2.45) is 0 Å². The number of rotatable bonds is 5. The van der Waals surface area contributed by atoms with E-state index in [4.69, 9.17) is 0 Å². The van der Waals surface area contributed by atoms with Crippen LogP contribution in [0.4, 0.5) is 4.39 Å². The summed E-state index contributed by atoms with van der Waals surface area (Å²) in [5.74, 6) is -1.37. The number of para-hydroxylation sites is 1. The summed E-state index contributed by atoms with van der Waals surface area (Å²) in [4.78, 5) is 37.0. The minimum atomic E-state index is -0.798. The monoisotopic (exact) mass is 334 g/mol. The molecule has 7 nitrogen and oxygen atoms in total. The zero-order valence-electron chi connectivity index (χ0n) is 13.7. The molecule has 1 aromatic heterocycles. The Morgan fingerprint density at radius 3 is 2.54 bits per heavy atom. The number of carbonyl (C=O) groups is 1. The van der Waals surface area contributed by atoms with Crippen LogP contribution >= 0.6 is 0 Å². The fourth-order valence-electron chi connectivity index (χ4n) is 2.11. The lowest BCUT2D eigenvalue weighted by Gasteiger charge is -2.13. The van der Waals surface area contributed by atoms with E-state index >= 15 is 0 Å². The average Bonchev–Trinajstić information content (AvgIpc) is 2.56. The standard InChI is InChI=1S/C16H19FN4O3/c1-4-10(3)18-14(22)13-15(23)20(5-2)16(24)21(19-13)12-9-7-6-8-11(12)17/h6-10H,4-5H2,1-3H3,(H,18,22). The molecule has 0 saturated carbocycles. The third-order valence-corrected chi connectivity index (χ3v) is 3.66. The van der Waals surface area contributed by atoms with E-state index in [1.54, 1.807) is 13.8 Å². The highest BCUT2D eigenvalue weighted by molar-refractivity contribution is 5.91. The molecule has 1 N–H and O–H groups in total. The Morgan fingerprint density at radius 2 is 1.96 bits per heavy atom. The zero-order chi connectivity index (χ0) is 17.9. The van der Waals surface area contributed by atoms with Gasteiger partial charge in [-0.3, -0.25) is 14.2 Å². The minimum absolute atomic E-state index is 0.0399. The van der Waals surface area contributed by atoms with E-state index < -0.39 is 28.7 Å². The van der Waals surface area contributed by atoms with Gasteiger partial charge in [0.05, 0.1) is 0 Å². The smallest absolute Gasteiger partial charge is 0.348 e. The van der Waals surface area contributed by atoms with Crippen LogP contribution in [-0.2, 0) is 6.54 Å². The first-order valence-corrected chi connectivity index (χ1v) is 7.70. The van der Waals surface area contributed by atoms with Gasteiger partial charge in [-0.2, -0.15) is 9.78 Å². The molecule has 0 aliphatic rings. The molecule has 0 bridgehead atoms. The highest BCUT2D eigenvalue weighted by Gasteiger charge is 2.21. The maximum Gasteiger partial charge on any atom is 0.352 e. The van der Waals surface area contributed by atoms with Crippen LogP contribution < -0.4 is 16.6 Å². The van der Waals surface area contributed by atoms with Crippen LogP contribution in [0.2, 0.25) is 0 Å². The summed E-state index contributed by atoms with van der Waals surface area (Å²) in [7, 11) is 0. The second-order valence-electron chi connectivity index (χ2n) is 5.33. The summed E-state index contributed by atoms with van der Waals surface area (Å²) in [6.45, 7) is 5.29. The second kappa shape index (κ2) is 7.20. The molecule has 1 heterocycles. The maximum atomic E-state index is 14.0. The number of nitrogens with one attached hydrogen (secondary N) is 1. The van der Waals surface area contributed by atoms with Crippen molar-refractivity contribution in [3.05, 3.63) is 56.6 Å². The van der Waals surface area contributed by atoms with Gasteiger partial charge in [0.25, 0.3) is 11.5 Å². The van der Waals surface area contributed by atoms with Crippen molar-refractivity contribution < 1.29 is 9.18 Å². The lowest BCUT2D eigenvalue weighted by molar-refractivity contribution is 0.0929. The number of amides is 1. The molecule has 1 aromatic carbocycles. The van der Waals surface area contributed by atoms with Crippen LogP contribution in [0, 0.1) is 5.82 Å². The van der Waals surface area contributed by atoms with Crippen molar-refractivity contribution in [2.45, 2.75) is 39.8 Å². The summed E-state index contributed by atoms with van der Waals surface area (Å²) in [5, 5.41) is 6.44. The zero-order valence-corrected chi connectivity index (χ0v) is 13.7. The van der Waals surface area contributed by atoms with Gasteiger partial charge < -0.3 is 5.32 Å². The summed E-state index contributed by atoms with van der Waals surface area (Å²) < 4.78 is 15.6. The van der Waals surface area contributed by atoms with E-state index in [2.05, 4.69) is 10.4 Å². The van der Waals surface area contributed by atoms with Crippen molar-refractivity contribution in [1.29, 1.82) is 0 Å². The molecule has 1 atom stereocenters. The van der Waals surface area contributed by atoms with Gasteiger partial charge in [-0.05, 0) is 32.4 Å². The Hall–Kier alpha value is -2.77. The van der Waals surface area contributed by atoms with Gasteiger partial charge in [-0.15, -0.1) is 0 Å². The Kier molecular flexibility index (Phi) is 5.28. The van der Waals surface area contributed by atoms with Gasteiger partial charge in [0.1, 0.15) is 11.5 Å². The predicted molar refractivity (Wildman–Crippen MR) is 86.9 cm³/mol. The molecule has 24 heavy (non-hydrogen) atoms. The highest BCUT2D eigenvalue weighted by Crippen LogP contribution is 2.08. The van der Waals surface area contributed by atoms with Gasteiger partial charge in [0, 0.05) is 12.6 Å². The molecule has 1 amide bonds. The number of hydrogen-bond donors (Lipinski definition) is 1. The molecule has 1 unspecified atom stereocenters. The highest BCUT2D eigenvalue weighted by atomic mass is 19.1. The first-order chi connectivity index (χ1) is 11.4. The van der Waals surface area contributed by atoms with Crippen molar-refractivity contribution in [3.63, 3.8) is 0 Å². The molecular formula is C16H19FN4O3. The van der Waals surface area contributed by atoms with Gasteiger partial charge in [0.15, 0.2) is 0 Å². The molecule has 0 aliphatic carbocycles. The molecule has 2 aromatic rings. The molecule has 0 radical (unpaired) electrons. The molecule has 8 heteroatoms. The summed E-state index contributed by atoms with van der Waals surface area (Å²) in [6.07, 6.45) is 0.667. The van der Waals surface area contributed by atoms with E-state index in [0.29, 0.717) is 6.42 Å². The van der Waals surface area contributed by atoms with Crippen LogP contribution in [0.3, 0.4) is 0 Å². The Bertz CT molecular complexity index is 872. The molecule has 2 rings (SSSR count). The number of halogens is 1. The first kappa shape index (κ1) is 17.6. The van der Waals surface area contributed by atoms with Crippen molar-refractivity contribution in [2.75, 3.05) is 0 Å². The maximum absolute atomic E-state index is 14.0. The molecule has 0 fully saturated rings. The van der Waals surface area contributed by atoms with Gasteiger partial charge in [0.2, 0.25) is 5.69 Å². The number of carbonyl (C=O) groups excluding carboxylic acids is 1. The lowest BCUT2D eigenvalue weighted by atomic mass is 10.2. The predicted octanol–water partition coefficient (Wildman–Crippen LogP) is 1.08. The largest absolute Gasteiger partial charge is 0.352 e. The number of nitrogens with zero attached hydrogens (tertiary/aromatic N) is 3.